The van der Waals surface area contributed by atoms with Crippen molar-refractivity contribution in [2.75, 3.05) is 5.32 Å². The Morgan fingerprint density at radius 1 is 0.963 bits per heavy atom. The minimum Gasteiger partial charge on any atom is -0.322 e. The number of imidazole rings is 1. The van der Waals surface area contributed by atoms with Gasteiger partial charge in [-0.15, -0.1) is 0 Å². The highest BCUT2D eigenvalue weighted by Gasteiger charge is 2.11. The van der Waals surface area contributed by atoms with Gasteiger partial charge in [0.1, 0.15) is 6.33 Å². The number of nitrogens with one attached hydrogen (secondary N) is 1. The van der Waals surface area contributed by atoms with Gasteiger partial charge in [-0.25, -0.2) is 4.98 Å². The molecule has 0 saturated heterocycles. The summed E-state index contributed by atoms with van der Waals surface area (Å²) in [5.41, 5.74) is 5.44. The summed E-state index contributed by atoms with van der Waals surface area (Å²) in [6, 6.07) is 23.6. The third kappa shape index (κ3) is 3.47. The van der Waals surface area contributed by atoms with E-state index in [2.05, 4.69) is 24.1 Å². The van der Waals surface area contributed by atoms with E-state index in [9.17, 15) is 4.79 Å². The normalized spacial score (nSPS) is 11.1. The molecule has 4 aromatic rings. The predicted octanol–water partition coefficient (Wildman–Crippen LogP) is 5.40. The van der Waals surface area contributed by atoms with Gasteiger partial charge in [0, 0.05) is 16.9 Å². The molecule has 0 aliphatic rings. The third-order valence-corrected chi connectivity index (χ3v) is 4.68. The molecule has 0 aliphatic heterocycles. The standard InChI is InChI=1S/C23H21N3O/c1-16(2)17-8-11-19(12-9-17)25-23(27)18-10-13-22-21(14-18)24-15-26(22)20-6-4-3-5-7-20/h3-16H,1-2H3,(H,25,27). The molecule has 0 unspecified atom stereocenters. The Bertz CT molecular complexity index is 1080. The molecule has 0 aliphatic carbocycles. The second-order valence-corrected chi connectivity index (χ2v) is 6.88. The molecule has 3 aromatic carbocycles. The van der Waals surface area contributed by atoms with Crippen LogP contribution in [0.1, 0.15) is 35.7 Å². The van der Waals surface area contributed by atoms with Crippen molar-refractivity contribution in [1.29, 1.82) is 0 Å². The lowest BCUT2D eigenvalue weighted by atomic mass is 10.0. The molecule has 1 amide bonds. The molecule has 4 nitrogen and oxygen atoms in total. The quantitative estimate of drug-likeness (QED) is 0.533. The maximum atomic E-state index is 12.6. The van der Waals surface area contributed by atoms with Crippen LogP contribution >= 0.6 is 0 Å². The van der Waals surface area contributed by atoms with Crippen molar-refractivity contribution in [2.45, 2.75) is 19.8 Å². The van der Waals surface area contributed by atoms with E-state index in [0.29, 0.717) is 11.5 Å². The first-order chi connectivity index (χ1) is 13.1. The van der Waals surface area contributed by atoms with Crippen LogP contribution in [-0.2, 0) is 0 Å². The average molecular weight is 355 g/mol. The Kier molecular flexibility index (Phi) is 4.47. The maximum absolute atomic E-state index is 12.6. The number of carbonyl (C=O) groups excluding carboxylic acids is 1. The second kappa shape index (κ2) is 7.08. The van der Waals surface area contributed by atoms with Crippen LogP contribution in [0.25, 0.3) is 16.7 Å². The highest BCUT2D eigenvalue weighted by Crippen LogP contribution is 2.21. The molecule has 0 atom stereocenters. The fourth-order valence-electron chi connectivity index (χ4n) is 3.10. The Morgan fingerprint density at radius 2 is 1.70 bits per heavy atom. The summed E-state index contributed by atoms with van der Waals surface area (Å²) in [4.78, 5) is 17.1. The van der Waals surface area contributed by atoms with Gasteiger partial charge in [-0.05, 0) is 53.9 Å². The van der Waals surface area contributed by atoms with E-state index in [-0.39, 0.29) is 5.91 Å². The van der Waals surface area contributed by atoms with Crippen LogP contribution in [0.15, 0.2) is 79.1 Å². The fourth-order valence-corrected chi connectivity index (χ4v) is 3.10. The van der Waals surface area contributed by atoms with Gasteiger partial charge in [0.05, 0.1) is 11.0 Å². The highest BCUT2D eigenvalue weighted by molar-refractivity contribution is 6.06. The molecule has 0 radical (unpaired) electrons. The van der Waals surface area contributed by atoms with Gasteiger partial charge < -0.3 is 5.32 Å². The van der Waals surface area contributed by atoms with E-state index in [4.69, 9.17) is 0 Å². The average Bonchev–Trinajstić information content (AvgIpc) is 3.12. The molecule has 4 rings (SSSR count). The number of amides is 1. The van der Waals surface area contributed by atoms with Crippen molar-refractivity contribution < 1.29 is 4.79 Å². The summed E-state index contributed by atoms with van der Waals surface area (Å²) in [6.07, 6.45) is 1.78. The number of aromatic nitrogens is 2. The fraction of sp³-hybridized carbons (Fsp3) is 0.130. The Labute approximate surface area is 158 Å². The molecule has 4 heteroatoms. The zero-order valence-corrected chi connectivity index (χ0v) is 15.4. The van der Waals surface area contributed by atoms with E-state index >= 15 is 0 Å². The molecule has 0 fully saturated rings. The van der Waals surface area contributed by atoms with Crippen LogP contribution < -0.4 is 5.32 Å². The molecule has 0 saturated carbocycles. The molecular weight excluding hydrogens is 334 g/mol. The van der Waals surface area contributed by atoms with Crippen LogP contribution in [0.4, 0.5) is 5.69 Å². The van der Waals surface area contributed by atoms with Gasteiger partial charge >= 0.3 is 0 Å². The van der Waals surface area contributed by atoms with Crippen LogP contribution in [0.5, 0.6) is 0 Å². The summed E-state index contributed by atoms with van der Waals surface area (Å²) < 4.78 is 2.02. The number of carbonyl (C=O) groups is 1. The van der Waals surface area contributed by atoms with Gasteiger partial charge in [0.2, 0.25) is 0 Å². The largest absolute Gasteiger partial charge is 0.322 e. The van der Waals surface area contributed by atoms with E-state index in [1.807, 2.05) is 77.4 Å². The SMILES string of the molecule is CC(C)c1ccc(NC(=O)c2ccc3c(c2)ncn3-c2ccccc2)cc1. The summed E-state index contributed by atoms with van der Waals surface area (Å²) in [6.45, 7) is 4.30. The van der Waals surface area contributed by atoms with E-state index in [0.717, 1.165) is 22.4 Å². The Hall–Kier alpha value is -3.40. The molecular formula is C23H21N3O. The van der Waals surface area contributed by atoms with Crippen molar-refractivity contribution in [3.05, 3.63) is 90.3 Å². The van der Waals surface area contributed by atoms with Crippen molar-refractivity contribution in [3.63, 3.8) is 0 Å². The van der Waals surface area contributed by atoms with Crippen LogP contribution in [0.2, 0.25) is 0 Å². The second-order valence-electron chi connectivity index (χ2n) is 6.88. The lowest BCUT2D eigenvalue weighted by Crippen LogP contribution is -2.11. The van der Waals surface area contributed by atoms with Gasteiger partial charge in [0.25, 0.3) is 5.91 Å². The summed E-state index contributed by atoms with van der Waals surface area (Å²) in [7, 11) is 0. The van der Waals surface area contributed by atoms with Crippen LogP contribution in [0, 0.1) is 0 Å². The lowest BCUT2D eigenvalue weighted by Gasteiger charge is -2.09. The first kappa shape index (κ1) is 17.0. The van der Waals surface area contributed by atoms with Gasteiger partial charge in [-0.3, -0.25) is 9.36 Å². The minimum atomic E-state index is -0.136. The minimum absolute atomic E-state index is 0.136. The Balaban J connectivity index is 1.58. The van der Waals surface area contributed by atoms with Crippen molar-refractivity contribution in [1.82, 2.24) is 9.55 Å². The van der Waals surface area contributed by atoms with Crippen LogP contribution in [-0.4, -0.2) is 15.5 Å². The topological polar surface area (TPSA) is 46.9 Å². The van der Waals surface area contributed by atoms with Crippen molar-refractivity contribution in [3.8, 4) is 5.69 Å². The van der Waals surface area contributed by atoms with Crippen molar-refractivity contribution >= 4 is 22.6 Å². The van der Waals surface area contributed by atoms with Gasteiger partial charge in [-0.2, -0.15) is 0 Å². The van der Waals surface area contributed by atoms with E-state index in [1.54, 1.807) is 6.33 Å². The Morgan fingerprint density at radius 3 is 2.41 bits per heavy atom. The smallest absolute Gasteiger partial charge is 0.255 e. The number of nitrogens with zero attached hydrogens (tertiary/aromatic N) is 2. The molecule has 1 N–H and O–H groups in total. The zero-order valence-electron chi connectivity index (χ0n) is 15.4. The molecule has 1 heterocycles. The summed E-state index contributed by atoms with van der Waals surface area (Å²) in [5, 5.41) is 2.95. The summed E-state index contributed by atoms with van der Waals surface area (Å²) >= 11 is 0. The third-order valence-electron chi connectivity index (χ3n) is 4.68. The summed E-state index contributed by atoms with van der Waals surface area (Å²) in [5.74, 6) is 0.334. The number of rotatable bonds is 4. The number of benzene rings is 3. The number of anilines is 1. The monoisotopic (exact) mass is 355 g/mol. The molecule has 27 heavy (non-hydrogen) atoms. The van der Waals surface area contributed by atoms with Crippen molar-refractivity contribution in [2.24, 2.45) is 0 Å². The first-order valence-electron chi connectivity index (χ1n) is 9.05. The van der Waals surface area contributed by atoms with Gasteiger partial charge in [0.15, 0.2) is 0 Å². The van der Waals surface area contributed by atoms with E-state index in [1.165, 1.54) is 5.56 Å². The number of para-hydroxylation sites is 1. The number of hydrogen-bond acceptors (Lipinski definition) is 2. The molecule has 134 valence electrons. The number of fused-ring (bicyclic) bond motifs is 1. The maximum Gasteiger partial charge on any atom is 0.255 e. The highest BCUT2D eigenvalue weighted by atomic mass is 16.1. The predicted molar refractivity (Wildman–Crippen MR) is 110 cm³/mol. The number of hydrogen-bond donors (Lipinski definition) is 1. The van der Waals surface area contributed by atoms with Gasteiger partial charge in [-0.1, -0.05) is 44.2 Å². The first-order valence-corrected chi connectivity index (χ1v) is 9.05. The zero-order chi connectivity index (χ0) is 18.8. The molecule has 0 bridgehead atoms. The molecule has 0 spiro atoms. The lowest BCUT2D eigenvalue weighted by molar-refractivity contribution is 0.102. The van der Waals surface area contributed by atoms with Crippen LogP contribution in [0.3, 0.4) is 0 Å². The molecule has 1 aromatic heterocycles. The van der Waals surface area contributed by atoms with E-state index < -0.39 is 0 Å².